The van der Waals surface area contributed by atoms with Gasteiger partial charge in [0.2, 0.25) is 4.96 Å². The summed E-state index contributed by atoms with van der Waals surface area (Å²) in [5, 5.41) is 9.77. The molecule has 4 saturated carbocycles. The van der Waals surface area contributed by atoms with Crippen LogP contribution in [0.5, 0.6) is 11.5 Å². The molecule has 2 aromatic carbocycles. The summed E-state index contributed by atoms with van der Waals surface area (Å²) < 4.78 is 14.8. The monoisotopic (exact) mass is 591 g/mol. The van der Waals surface area contributed by atoms with E-state index in [1.54, 1.807) is 20.3 Å². The molecule has 8 nitrogen and oxygen atoms in total. The number of hydrogen-bond donors (Lipinski definition) is 0. The summed E-state index contributed by atoms with van der Waals surface area (Å²) in [6.07, 6.45) is 15.6. The maximum absolute atomic E-state index is 13.6. The first-order chi connectivity index (χ1) is 21.0. The molecule has 4 fully saturated rings. The second-order valence-corrected chi connectivity index (χ2v) is 13.4. The minimum Gasteiger partial charge on any atom is -0.493 e. The van der Waals surface area contributed by atoms with Gasteiger partial charge in [-0.2, -0.15) is 14.6 Å². The Kier molecular flexibility index (Phi) is 6.25. The number of ether oxygens (including phenoxy) is 2. The Balaban J connectivity index is 1.16. The molecule has 218 valence electrons. The fraction of sp³-hybridized carbons (Fsp3) is 0.353. The van der Waals surface area contributed by atoms with Crippen molar-refractivity contribution in [1.29, 1.82) is 0 Å². The van der Waals surface area contributed by atoms with Crippen LogP contribution in [0.1, 0.15) is 61.2 Å². The number of thiazole rings is 1. The molecule has 9 rings (SSSR count). The SMILES string of the molecule is COc1ccc(/C=C/c2nc3s/c(=C\c4cn(-c5ccccc5)nc4C45CC6CC(CC(C6)C4)C5)c(=O)n3n2)cc1OC. The fourth-order valence-corrected chi connectivity index (χ4v) is 9.11. The van der Waals surface area contributed by atoms with Crippen LogP contribution < -0.4 is 19.6 Å². The molecule has 3 heterocycles. The largest absolute Gasteiger partial charge is 0.493 e. The van der Waals surface area contributed by atoms with E-state index >= 15 is 0 Å². The molecule has 0 N–H and O–H groups in total. The first-order valence-corrected chi connectivity index (χ1v) is 15.8. The average molecular weight is 592 g/mol. The minimum absolute atomic E-state index is 0.0986. The van der Waals surface area contributed by atoms with Crippen molar-refractivity contribution in [3.8, 4) is 17.2 Å². The van der Waals surface area contributed by atoms with Crippen LogP contribution >= 0.6 is 11.3 Å². The summed E-state index contributed by atoms with van der Waals surface area (Å²) in [7, 11) is 3.22. The molecule has 0 atom stereocenters. The van der Waals surface area contributed by atoms with Crippen molar-refractivity contribution in [3.05, 3.63) is 92.3 Å². The molecule has 0 aliphatic heterocycles. The number of nitrogens with zero attached hydrogens (tertiary/aromatic N) is 5. The molecular weight excluding hydrogens is 558 g/mol. The Labute approximate surface area is 253 Å². The van der Waals surface area contributed by atoms with Gasteiger partial charge in [0.15, 0.2) is 17.3 Å². The van der Waals surface area contributed by atoms with Crippen molar-refractivity contribution in [1.82, 2.24) is 24.4 Å². The number of fused-ring (bicyclic) bond motifs is 1. The van der Waals surface area contributed by atoms with Gasteiger partial charge in [0, 0.05) is 17.2 Å². The van der Waals surface area contributed by atoms with E-state index in [9.17, 15) is 4.79 Å². The van der Waals surface area contributed by atoms with E-state index in [4.69, 9.17) is 14.6 Å². The van der Waals surface area contributed by atoms with Crippen LogP contribution in [-0.2, 0) is 5.41 Å². The molecule has 0 spiro atoms. The number of rotatable bonds is 7. The number of para-hydroxylation sites is 1. The highest BCUT2D eigenvalue weighted by molar-refractivity contribution is 7.15. The predicted molar refractivity (Wildman–Crippen MR) is 168 cm³/mol. The highest BCUT2D eigenvalue weighted by Crippen LogP contribution is 2.61. The lowest BCUT2D eigenvalue weighted by atomic mass is 9.48. The van der Waals surface area contributed by atoms with E-state index < -0.39 is 0 Å². The van der Waals surface area contributed by atoms with Crippen LogP contribution in [0.4, 0.5) is 0 Å². The van der Waals surface area contributed by atoms with Gasteiger partial charge in [-0.15, -0.1) is 5.10 Å². The van der Waals surface area contributed by atoms with E-state index in [0.29, 0.717) is 26.8 Å². The normalized spacial score (nSPS) is 24.9. The lowest BCUT2D eigenvalue weighted by molar-refractivity contribution is -0.00743. The van der Waals surface area contributed by atoms with Crippen LogP contribution in [0.15, 0.2) is 59.5 Å². The summed E-state index contributed by atoms with van der Waals surface area (Å²) in [5.74, 6) is 4.20. The number of aromatic nitrogens is 5. The topological polar surface area (TPSA) is 83.5 Å². The van der Waals surface area contributed by atoms with E-state index in [0.717, 1.165) is 40.3 Å². The van der Waals surface area contributed by atoms with Crippen LogP contribution in [0.3, 0.4) is 0 Å². The molecule has 4 aliphatic carbocycles. The van der Waals surface area contributed by atoms with Crippen molar-refractivity contribution >= 4 is 34.5 Å². The molecule has 43 heavy (non-hydrogen) atoms. The van der Waals surface area contributed by atoms with Gasteiger partial charge in [0.1, 0.15) is 0 Å². The van der Waals surface area contributed by atoms with Crippen LogP contribution in [0.2, 0.25) is 0 Å². The molecule has 4 aliphatic rings. The quantitative estimate of drug-likeness (QED) is 0.247. The zero-order valence-corrected chi connectivity index (χ0v) is 25.1. The van der Waals surface area contributed by atoms with E-state index in [2.05, 4.69) is 28.4 Å². The second-order valence-electron chi connectivity index (χ2n) is 12.4. The lowest BCUT2D eigenvalue weighted by Crippen LogP contribution is -2.49. The smallest absolute Gasteiger partial charge is 0.291 e. The van der Waals surface area contributed by atoms with Crippen molar-refractivity contribution in [2.75, 3.05) is 14.2 Å². The molecule has 0 radical (unpaired) electrons. The van der Waals surface area contributed by atoms with Crippen LogP contribution in [-0.4, -0.2) is 38.6 Å². The Morgan fingerprint density at radius 3 is 2.30 bits per heavy atom. The Bertz CT molecular complexity index is 1940. The number of hydrogen-bond acceptors (Lipinski definition) is 7. The lowest BCUT2D eigenvalue weighted by Gasteiger charge is -2.56. The van der Waals surface area contributed by atoms with Crippen molar-refractivity contribution in [3.63, 3.8) is 0 Å². The first kappa shape index (κ1) is 26.4. The van der Waals surface area contributed by atoms with Gasteiger partial charge in [-0.05, 0) is 98.3 Å². The van der Waals surface area contributed by atoms with Crippen LogP contribution in [0.25, 0.3) is 28.9 Å². The molecule has 0 amide bonds. The standard InChI is InChI=1S/C34H33N5O3S/c1-41-27-10-8-21(15-28(27)42-2)9-11-30-35-33-39(36-30)32(40)29(43-33)16-25-20-38(26-6-4-3-5-7-26)37-31(25)34-17-22-12-23(18-34)14-24(13-22)19-34/h3-11,15-16,20,22-24H,12-14,17-19H2,1-2H3/b11-9+,29-16-. The van der Waals surface area contributed by atoms with E-state index in [1.165, 1.54) is 54.4 Å². The van der Waals surface area contributed by atoms with Gasteiger partial charge in [-0.3, -0.25) is 4.79 Å². The third kappa shape index (κ3) is 4.57. The number of methoxy groups -OCH3 is 2. The van der Waals surface area contributed by atoms with Gasteiger partial charge >= 0.3 is 0 Å². The first-order valence-electron chi connectivity index (χ1n) is 15.0. The predicted octanol–water partition coefficient (Wildman–Crippen LogP) is 5.54. The highest BCUT2D eigenvalue weighted by atomic mass is 32.1. The second kappa shape index (κ2) is 10.2. The summed E-state index contributed by atoms with van der Waals surface area (Å²) in [6, 6.07) is 15.9. The van der Waals surface area contributed by atoms with Crippen molar-refractivity contribution < 1.29 is 9.47 Å². The Morgan fingerprint density at radius 2 is 1.63 bits per heavy atom. The summed E-state index contributed by atoms with van der Waals surface area (Å²) in [4.78, 5) is 18.8. The van der Waals surface area contributed by atoms with Gasteiger partial charge < -0.3 is 9.47 Å². The summed E-state index contributed by atoms with van der Waals surface area (Å²) in [6.45, 7) is 0. The van der Waals surface area contributed by atoms with Crippen LogP contribution in [0, 0.1) is 17.8 Å². The number of benzene rings is 2. The summed E-state index contributed by atoms with van der Waals surface area (Å²) >= 11 is 1.38. The maximum atomic E-state index is 13.6. The van der Waals surface area contributed by atoms with E-state index in [1.807, 2.05) is 53.2 Å². The third-order valence-corrected chi connectivity index (χ3v) is 10.6. The summed E-state index contributed by atoms with van der Waals surface area (Å²) in [5.41, 5.74) is 4.10. The molecule has 0 saturated heterocycles. The Hall–Kier alpha value is -4.24. The van der Waals surface area contributed by atoms with Gasteiger partial charge in [-0.1, -0.05) is 41.7 Å². The Morgan fingerprint density at radius 1 is 0.907 bits per heavy atom. The van der Waals surface area contributed by atoms with Gasteiger partial charge in [-0.25, -0.2) is 4.68 Å². The molecular formula is C34H33N5O3S. The highest BCUT2D eigenvalue weighted by Gasteiger charge is 2.53. The minimum atomic E-state index is -0.151. The average Bonchev–Trinajstić information content (AvgIpc) is 3.70. The van der Waals surface area contributed by atoms with Gasteiger partial charge in [0.05, 0.1) is 30.1 Å². The van der Waals surface area contributed by atoms with Crippen molar-refractivity contribution in [2.45, 2.75) is 43.9 Å². The maximum Gasteiger partial charge on any atom is 0.291 e. The fourth-order valence-electron chi connectivity index (χ4n) is 8.21. The molecule has 3 aromatic heterocycles. The molecule has 0 unspecified atom stereocenters. The zero-order valence-electron chi connectivity index (χ0n) is 24.3. The van der Waals surface area contributed by atoms with E-state index in [-0.39, 0.29) is 11.0 Å². The molecule has 4 bridgehead atoms. The van der Waals surface area contributed by atoms with Gasteiger partial charge in [0.25, 0.3) is 5.56 Å². The zero-order chi connectivity index (χ0) is 29.1. The van der Waals surface area contributed by atoms with Crippen molar-refractivity contribution in [2.24, 2.45) is 17.8 Å². The third-order valence-electron chi connectivity index (χ3n) is 9.62. The molecule has 5 aromatic rings. The molecule has 9 heteroatoms.